The molecule has 0 amide bonds. The second kappa shape index (κ2) is 5.55. The summed E-state index contributed by atoms with van der Waals surface area (Å²) in [7, 11) is 0. The molecule has 0 spiro atoms. The summed E-state index contributed by atoms with van der Waals surface area (Å²) in [6.07, 6.45) is 5.39. The van der Waals surface area contributed by atoms with Gasteiger partial charge < -0.3 is 5.73 Å². The molecule has 1 aliphatic rings. The molecule has 2 rings (SSSR count). The summed E-state index contributed by atoms with van der Waals surface area (Å²) in [5, 5.41) is 0.652. The first kappa shape index (κ1) is 11.7. The maximum Gasteiger partial charge on any atom is 0.0635 e. The number of hydrogen-bond donors (Lipinski definition) is 1. The van der Waals surface area contributed by atoms with Crippen LogP contribution in [0.3, 0.4) is 0 Å². The van der Waals surface area contributed by atoms with E-state index in [0.717, 1.165) is 6.54 Å². The molecule has 1 aromatic rings. The number of anilines is 1. The van der Waals surface area contributed by atoms with Gasteiger partial charge in [-0.05, 0) is 43.6 Å². The zero-order valence-corrected chi connectivity index (χ0v) is 10.3. The molecular formula is C13H19ClN2. The molecule has 0 bridgehead atoms. The molecular weight excluding hydrogens is 220 g/mol. The lowest BCUT2D eigenvalue weighted by Gasteiger charge is -2.20. The zero-order chi connectivity index (χ0) is 11.4. The average Bonchev–Trinajstić information content (AvgIpc) is 2.52. The first-order chi connectivity index (χ1) is 7.75. The quantitative estimate of drug-likeness (QED) is 0.802. The highest BCUT2D eigenvalue weighted by Gasteiger charge is 2.09. The molecule has 1 aromatic carbocycles. The van der Waals surface area contributed by atoms with Crippen molar-refractivity contribution < 1.29 is 0 Å². The maximum absolute atomic E-state index is 5.91. The van der Waals surface area contributed by atoms with E-state index in [1.165, 1.54) is 44.3 Å². The zero-order valence-electron chi connectivity index (χ0n) is 9.58. The molecule has 0 radical (unpaired) electrons. The van der Waals surface area contributed by atoms with E-state index in [1.54, 1.807) is 0 Å². The van der Waals surface area contributed by atoms with Crippen molar-refractivity contribution in [1.82, 2.24) is 4.90 Å². The number of likely N-dealkylation sites (tertiary alicyclic amines) is 1. The molecule has 3 heteroatoms. The van der Waals surface area contributed by atoms with Crippen LogP contribution in [0, 0.1) is 0 Å². The van der Waals surface area contributed by atoms with Crippen LogP contribution in [-0.4, -0.2) is 18.0 Å². The van der Waals surface area contributed by atoms with Gasteiger partial charge in [-0.2, -0.15) is 0 Å². The predicted molar refractivity (Wildman–Crippen MR) is 69.6 cm³/mol. The number of hydrogen-bond acceptors (Lipinski definition) is 2. The minimum atomic E-state index is 0.652. The Morgan fingerprint density at radius 1 is 1.12 bits per heavy atom. The molecule has 0 aromatic heterocycles. The molecule has 1 fully saturated rings. The highest BCUT2D eigenvalue weighted by molar-refractivity contribution is 6.33. The Morgan fingerprint density at radius 3 is 2.44 bits per heavy atom. The van der Waals surface area contributed by atoms with Gasteiger partial charge >= 0.3 is 0 Å². The Labute approximate surface area is 102 Å². The van der Waals surface area contributed by atoms with Crippen LogP contribution in [0.25, 0.3) is 0 Å². The molecule has 88 valence electrons. The van der Waals surface area contributed by atoms with Gasteiger partial charge in [0.1, 0.15) is 0 Å². The summed E-state index contributed by atoms with van der Waals surface area (Å²) in [4.78, 5) is 2.51. The van der Waals surface area contributed by atoms with E-state index >= 15 is 0 Å². The number of benzene rings is 1. The van der Waals surface area contributed by atoms with Gasteiger partial charge in [-0.15, -0.1) is 0 Å². The van der Waals surface area contributed by atoms with E-state index in [4.69, 9.17) is 17.3 Å². The van der Waals surface area contributed by atoms with Crippen molar-refractivity contribution in [2.24, 2.45) is 0 Å². The average molecular weight is 239 g/mol. The van der Waals surface area contributed by atoms with E-state index in [-0.39, 0.29) is 0 Å². The summed E-state index contributed by atoms with van der Waals surface area (Å²) >= 11 is 5.91. The predicted octanol–water partition coefficient (Wildman–Crippen LogP) is 3.30. The number of nitrogens with zero attached hydrogens (tertiary/aromatic N) is 1. The van der Waals surface area contributed by atoms with Gasteiger partial charge in [0, 0.05) is 6.54 Å². The van der Waals surface area contributed by atoms with Gasteiger partial charge in [-0.3, -0.25) is 4.90 Å². The largest absolute Gasteiger partial charge is 0.398 e. The maximum atomic E-state index is 5.91. The van der Waals surface area contributed by atoms with Crippen LogP contribution in [-0.2, 0) is 6.54 Å². The highest BCUT2D eigenvalue weighted by atomic mass is 35.5. The van der Waals surface area contributed by atoms with Crippen LogP contribution >= 0.6 is 11.6 Å². The van der Waals surface area contributed by atoms with Crippen molar-refractivity contribution in [2.75, 3.05) is 18.8 Å². The van der Waals surface area contributed by atoms with Gasteiger partial charge in [0.25, 0.3) is 0 Å². The number of rotatable bonds is 2. The van der Waals surface area contributed by atoms with E-state index in [0.29, 0.717) is 10.7 Å². The molecule has 0 aliphatic carbocycles. The molecule has 0 saturated carbocycles. The lowest BCUT2D eigenvalue weighted by molar-refractivity contribution is 0.277. The van der Waals surface area contributed by atoms with Gasteiger partial charge in [0.2, 0.25) is 0 Å². The second-order valence-electron chi connectivity index (χ2n) is 4.55. The summed E-state index contributed by atoms with van der Waals surface area (Å²) in [6.45, 7) is 3.42. The Hall–Kier alpha value is -0.730. The van der Waals surface area contributed by atoms with Crippen molar-refractivity contribution in [3.8, 4) is 0 Å². The third-order valence-corrected chi connectivity index (χ3v) is 3.51. The minimum absolute atomic E-state index is 0.652. The van der Waals surface area contributed by atoms with Crippen molar-refractivity contribution in [2.45, 2.75) is 32.2 Å². The van der Waals surface area contributed by atoms with Crippen molar-refractivity contribution in [3.05, 3.63) is 28.8 Å². The number of halogens is 1. The molecule has 1 heterocycles. The molecule has 0 unspecified atom stereocenters. The SMILES string of the molecule is Nc1cc(CN2CCCCCC2)ccc1Cl. The summed E-state index contributed by atoms with van der Waals surface area (Å²) in [5.41, 5.74) is 7.76. The van der Waals surface area contributed by atoms with Gasteiger partial charge in [-0.1, -0.05) is 30.5 Å². The lowest BCUT2D eigenvalue weighted by Crippen LogP contribution is -2.23. The van der Waals surface area contributed by atoms with Gasteiger partial charge in [0.05, 0.1) is 10.7 Å². The van der Waals surface area contributed by atoms with Crippen LogP contribution in [0.2, 0.25) is 5.02 Å². The third-order valence-electron chi connectivity index (χ3n) is 3.17. The van der Waals surface area contributed by atoms with Crippen molar-refractivity contribution in [1.29, 1.82) is 0 Å². The van der Waals surface area contributed by atoms with Gasteiger partial charge in [-0.25, -0.2) is 0 Å². The fourth-order valence-corrected chi connectivity index (χ4v) is 2.36. The van der Waals surface area contributed by atoms with E-state index in [2.05, 4.69) is 11.0 Å². The number of nitrogen functional groups attached to an aromatic ring is 1. The monoisotopic (exact) mass is 238 g/mol. The fourth-order valence-electron chi connectivity index (χ4n) is 2.24. The summed E-state index contributed by atoms with van der Waals surface area (Å²) < 4.78 is 0. The lowest BCUT2D eigenvalue weighted by atomic mass is 10.2. The number of nitrogens with two attached hydrogens (primary N) is 1. The minimum Gasteiger partial charge on any atom is -0.398 e. The Kier molecular flexibility index (Phi) is 4.08. The molecule has 1 saturated heterocycles. The third kappa shape index (κ3) is 3.13. The Balaban J connectivity index is 1.99. The first-order valence-electron chi connectivity index (χ1n) is 6.02. The van der Waals surface area contributed by atoms with Crippen LogP contribution in [0.4, 0.5) is 5.69 Å². The van der Waals surface area contributed by atoms with Crippen molar-refractivity contribution in [3.63, 3.8) is 0 Å². The Morgan fingerprint density at radius 2 is 1.81 bits per heavy atom. The van der Waals surface area contributed by atoms with Crippen LogP contribution in [0.15, 0.2) is 18.2 Å². The highest BCUT2D eigenvalue weighted by Crippen LogP contribution is 2.21. The smallest absolute Gasteiger partial charge is 0.0635 e. The molecule has 0 atom stereocenters. The van der Waals surface area contributed by atoms with Crippen LogP contribution in [0.5, 0.6) is 0 Å². The molecule has 16 heavy (non-hydrogen) atoms. The van der Waals surface area contributed by atoms with E-state index in [1.807, 2.05) is 12.1 Å². The summed E-state index contributed by atoms with van der Waals surface area (Å²) in [6, 6.07) is 5.96. The topological polar surface area (TPSA) is 29.3 Å². The molecule has 2 nitrogen and oxygen atoms in total. The fraction of sp³-hybridized carbons (Fsp3) is 0.538. The van der Waals surface area contributed by atoms with E-state index in [9.17, 15) is 0 Å². The summed E-state index contributed by atoms with van der Waals surface area (Å²) in [5.74, 6) is 0. The van der Waals surface area contributed by atoms with Gasteiger partial charge in [0.15, 0.2) is 0 Å². The molecule has 2 N–H and O–H groups in total. The van der Waals surface area contributed by atoms with E-state index < -0.39 is 0 Å². The standard InChI is InChI=1S/C13H19ClN2/c14-12-6-5-11(9-13(12)15)10-16-7-3-1-2-4-8-16/h5-6,9H,1-4,7-8,10,15H2. The van der Waals surface area contributed by atoms with Crippen molar-refractivity contribution >= 4 is 17.3 Å². The first-order valence-corrected chi connectivity index (χ1v) is 6.40. The van der Waals surface area contributed by atoms with Crippen LogP contribution < -0.4 is 5.73 Å². The van der Waals surface area contributed by atoms with Crippen LogP contribution in [0.1, 0.15) is 31.2 Å². The Bertz CT molecular complexity index is 344. The molecule has 1 aliphatic heterocycles. The second-order valence-corrected chi connectivity index (χ2v) is 4.95. The normalized spacial score (nSPS) is 18.3.